The van der Waals surface area contributed by atoms with Crippen LogP contribution in [0.1, 0.15) is 24.8 Å². The Morgan fingerprint density at radius 1 is 1.50 bits per heavy atom. The van der Waals surface area contributed by atoms with Crippen molar-refractivity contribution < 1.29 is 9.66 Å². The fourth-order valence-electron chi connectivity index (χ4n) is 2.22. The van der Waals surface area contributed by atoms with E-state index in [0.29, 0.717) is 12.2 Å². The van der Waals surface area contributed by atoms with Gasteiger partial charge < -0.3 is 10.1 Å². The van der Waals surface area contributed by atoms with Gasteiger partial charge in [-0.2, -0.15) is 0 Å². The minimum Gasteiger partial charge on any atom is -0.377 e. The molecule has 98 valence electrons. The molecule has 0 aromatic heterocycles. The number of benzene rings is 1. The summed E-state index contributed by atoms with van der Waals surface area (Å²) in [5.74, 6) is 0. The predicted octanol–water partition coefficient (Wildman–Crippen LogP) is 2.88. The first-order valence-corrected chi connectivity index (χ1v) is 6.28. The topological polar surface area (TPSA) is 64.4 Å². The molecule has 0 spiro atoms. The summed E-state index contributed by atoms with van der Waals surface area (Å²) >= 11 is 0. The standard InChI is InChI=1S/C13H18N2O3/c1-10-5-4-7-12(15(16)17)13(10)14-9-11-6-2-3-8-18-11/h4-5,7,11,14H,2-3,6,8-9H2,1H3. The van der Waals surface area contributed by atoms with E-state index in [-0.39, 0.29) is 16.7 Å². The van der Waals surface area contributed by atoms with Crippen molar-refractivity contribution in [1.29, 1.82) is 0 Å². The molecule has 0 amide bonds. The highest BCUT2D eigenvalue weighted by Crippen LogP contribution is 2.28. The van der Waals surface area contributed by atoms with E-state index in [1.807, 2.05) is 13.0 Å². The fraction of sp³-hybridized carbons (Fsp3) is 0.538. The molecule has 0 aliphatic carbocycles. The van der Waals surface area contributed by atoms with Gasteiger partial charge in [0, 0.05) is 19.2 Å². The summed E-state index contributed by atoms with van der Waals surface area (Å²) in [6.07, 6.45) is 3.47. The van der Waals surface area contributed by atoms with Gasteiger partial charge in [-0.25, -0.2) is 0 Å². The third-order valence-corrected chi connectivity index (χ3v) is 3.23. The second kappa shape index (κ2) is 5.82. The van der Waals surface area contributed by atoms with Crippen molar-refractivity contribution >= 4 is 11.4 Å². The summed E-state index contributed by atoms with van der Waals surface area (Å²) in [4.78, 5) is 10.6. The number of nitro benzene ring substituents is 1. The maximum atomic E-state index is 11.0. The summed E-state index contributed by atoms with van der Waals surface area (Å²) < 4.78 is 5.61. The SMILES string of the molecule is Cc1cccc([N+](=O)[O-])c1NCC1CCCCO1. The zero-order valence-electron chi connectivity index (χ0n) is 10.5. The average Bonchev–Trinajstić information content (AvgIpc) is 2.38. The molecule has 0 bridgehead atoms. The van der Waals surface area contributed by atoms with Crippen molar-refractivity contribution in [2.24, 2.45) is 0 Å². The normalized spacial score (nSPS) is 19.5. The summed E-state index contributed by atoms with van der Waals surface area (Å²) in [5, 5.41) is 14.1. The summed E-state index contributed by atoms with van der Waals surface area (Å²) in [6.45, 7) is 3.30. The molecule has 1 aromatic carbocycles. The highest BCUT2D eigenvalue weighted by Gasteiger charge is 2.18. The Morgan fingerprint density at radius 3 is 3.00 bits per heavy atom. The molecule has 1 saturated heterocycles. The maximum Gasteiger partial charge on any atom is 0.292 e. The van der Waals surface area contributed by atoms with Gasteiger partial charge in [-0.05, 0) is 31.7 Å². The number of nitro groups is 1. The van der Waals surface area contributed by atoms with E-state index in [4.69, 9.17) is 4.74 Å². The number of para-hydroxylation sites is 1. The van der Waals surface area contributed by atoms with Gasteiger partial charge in [0.2, 0.25) is 0 Å². The Labute approximate surface area is 106 Å². The molecule has 0 saturated carbocycles. The first-order chi connectivity index (χ1) is 8.68. The number of nitrogens with one attached hydrogen (secondary N) is 1. The zero-order chi connectivity index (χ0) is 13.0. The van der Waals surface area contributed by atoms with Crippen molar-refractivity contribution in [1.82, 2.24) is 0 Å². The van der Waals surface area contributed by atoms with Crippen molar-refractivity contribution in [3.63, 3.8) is 0 Å². The lowest BCUT2D eigenvalue weighted by molar-refractivity contribution is -0.384. The van der Waals surface area contributed by atoms with Crippen molar-refractivity contribution in [3.8, 4) is 0 Å². The van der Waals surface area contributed by atoms with E-state index < -0.39 is 0 Å². The van der Waals surface area contributed by atoms with Gasteiger partial charge in [-0.1, -0.05) is 12.1 Å². The molecule has 0 radical (unpaired) electrons. The highest BCUT2D eigenvalue weighted by molar-refractivity contribution is 5.65. The second-order valence-electron chi connectivity index (χ2n) is 4.60. The van der Waals surface area contributed by atoms with Crippen LogP contribution in [0, 0.1) is 17.0 Å². The van der Waals surface area contributed by atoms with E-state index in [0.717, 1.165) is 25.0 Å². The van der Waals surface area contributed by atoms with Crippen molar-refractivity contribution in [2.45, 2.75) is 32.3 Å². The molecule has 1 fully saturated rings. The first-order valence-electron chi connectivity index (χ1n) is 6.28. The van der Waals surface area contributed by atoms with Gasteiger partial charge in [0.15, 0.2) is 0 Å². The number of rotatable bonds is 4. The van der Waals surface area contributed by atoms with Crippen LogP contribution in [0.25, 0.3) is 0 Å². The Hall–Kier alpha value is -1.62. The molecular weight excluding hydrogens is 232 g/mol. The molecule has 1 aromatic rings. The van der Waals surface area contributed by atoms with Crippen LogP contribution in [0.15, 0.2) is 18.2 Å². The van der Waals surface area contributed by atoms with Crippen molar-refractivity contribution in [2.75, 3.05) is 18.5 Å². The molecule has 18 heavy (non-hydrogen) atoms. The van der Waals surface area contributed by atoms with Crippen LogP contribution < -0.4 is 5.32 Å². The quantitative estimate of drug-likeness (QED) is 0.659. The van der Waals surface area contributed by atoms with E-state index in [1.165, 1.54) is 12.5 Å². The first kappa shape index (κ1) is 12.8. The fourth-order valence-corrected chi connectivity index (χ4v) is 2.22. The second-order valence-corrected chi connectivity index (χ2v) is 4.60. The summed E-state index contributed by atoms with van der Waals surface area (Å²) in [6, 6.07) is 5.10. The number of ether oxygens (including phenoxy) is 1. The third kappa shape index (κ3) is 2.98. The lowest BCUT2D eigenvalue weighted by Crippen LogP contribution is -2.27. The van der Waals surface area contributed by atoms with Crippen LogP contribution in [0.3, 0.4) is 0 Å². The summed E-state index contributed by atoms with van der Waals surface area (Å²) in [5.41, 5.74) is 1.63. The van der Waals surface area contributed by atoms with E-state index in [9.17, 15) is 10.1 Å². The molecule has 1 heterocycles. The molecule has 1 unspecified atom stereocenters. The molecule has 1 N–H and O–H groups in total. The van der Waals surface area contributed by atoms with Crippen LogP contribution in [0.4, 0.5) is 11.4 Å². The minimum atomic E-state index is -0.350. The molecule has 2 rings (SSSR count). The smallest absolute Gasteiger partial charge is 0.292 e. The van der Waals surface area contributed by atoms with Gasteiger partial charge >= 0.3 is 0 Å². The largest absolute Gasteiger partial charge is 0.377 e. The van der Waals surface area contributed by atoms with E-state index >= 15 is 0 Å². The van der Waals surface area contributed by atoms with E-state index in [2.05, 4.69) is 5.32 Å². The minimum absolute atomic E-state index is 0.130. The Kier molecular flexibility index (Phi) is 4.15. The number of anilines is 1. The third-order valence-electron chi connectivity index (χ3n) is 3.23. The molecule has 1 aliphatic rings. The molecular formula is C13H18N2O3. The maximum absolute atomic E-state index is 11.0. The van der Waals surface area contributed by atoms with Crippen LogP contribution in [0.2, 0.25) is 0 Å². The molecule has 5 heteroatoms. The number of nitrogens with zero attached hydrogens (tertiary/aromatic N) is 1. The van der Waals surface area contributed by atoms with E-state index in [1.54, 1.807) is 6.07 Å². The monoisotopic (exact) mass is 250 g/mol. The van der Waals surface area contributed by atoms with Crippen molar-refractivity contribution in [3.05, 3.63) is 33.9 Å². The molecule has 1 atom stereocenters. The summed E-state index contributed by atoms with van der Waals surface area (Å²) in [7, 11) is 0. The van der Waals surface area contributed by atoms with Crippen LogP contribution in [-0.4, -0.2) is 24.2 Å². The number of hydrogen-bond donors (Lipinski definition) is 1. The molecule has 5 nitrogen and oxygen atoms in total. The number of aryl methyl sites for hydroxylation is 1. The van der Waals surface area contributed by atoms with Crippen LogP contribution >= 0.6 is 0 Å². The Morgan fingerprint density at radius 2 is 2.33 bits per heavy atom. The lowest BCUT2D eigenvalue weighted by Gasteiger charge is -2.23. The van der Waals surface area contributed by atoms with Gasteiger partial charge in [0.1, 0.15) is 5.69 Å². The van der Waals surface area contributed by atoms with Gasteiger partial charge in [0.25, 0.3) is 5.69 Å². The zero-order valence-corrected chi connectivity index (χ0v) is 10.5. The predicted molar refractivity (Wildman–Crippen MR) is 69.9 cm³/mol. The average molecular weight is 250 g/mol. The number of hydrogen-bond acceptors (Lipinski definition) is 4. The lowest BCUT2D eigenvalue weighted by atomic mass is 10.1. The molecule has 1 aliphatic heterocycles. The van der Waals surface area contributed by atoms with Gasteiger partial charge in [-0.15, -0.1) is 0 Å². The van der Waals surface area contributed by atoms with Crippen LogP contribution in [-0.2, 0) is 4.74 Å². The highest BCUT2D eigenvalue weighted by atomic mass is 16.6. The Bertz CT molecular complexity index is 428. The van der Waals surface area contributed by atoms with Crippen LogP contribution in [0.5, 0.6) is 0 Å². The van der Waals surface area contributed by atoms with Gasteiger partial charge in [-0.3, -0.25) is 10.1 Å². The Balaban J connectivity index is 2.05. The van der Waals surface area contributed by atoms with Gasteiger partial charge in [0.05, 0.1) is 11.0 Å².